The summed E-state index contributed by atoms with van der Waals surface area (Å²) in [4.78, 5) is 12.3. The maximum atomic E-state index is 12.3. The Morgan fingerprint density at radius 1 is 1.23 bits per heavy atom. The zero-order chi connectivity index (χ0) is 21.3. The van der Waals surface area contributed by atoms with Crippen molar-refractivity contribution in [3.05, 3.63) is 76.6 Å². The second-order valence-electron chi connectivity index (χ2n) is 7.35. The molecule has 0 saturated carbocycles. The average Bonchev–Trinajstić information content (AvgIpc) is 3.30. The van der Waals surface area contributed by atoms with Gasteiger partial charge in [0, 0.05) is 33.8 Å². The molecule has 1 amide bonds. The number of aromatic nitrogens is 2. The SMILES string of the molecule is Cc1cc(C(=O)NC[C@@H](C)O)nn1Cc1cc(Cl)cc2cc(-c3ccccc3)oc12. The van der Waals surface area contributed by atoms with E-state index in [1.54, 1.807) is 17.7 Å². The number of nitrogens with one attached hydrogen (secondary N) is 1. The van der Waals surface area contributed by atoms with E-state index in [4.69, 9.17) is 16.0 Å². The van der Waals surface area contributed by atoms with Gasteiger partial charge in [-0.2, -0.15) is 5.10 Å². The number of aliphatic hydroxyl groups is 1. The molecule has 1 atom stereocenters. The minimum absolute atomic E-state index is 0.175. The second-order valence-corrected chi connectivity index (χ2v) is 7.78. The van der Waals surface area contributed by atoms with Crippen LogP contribution in [0, 0.1) is 6.92 Å². The van der Waals surface area contributed by atoms with Gasteiger partial charge in [0.25, 0.3) is 5.91 Å². The molecule has 0 aliphatic rings. The Balaban J connectivity index is 1.66. The Bertz CT molecular complexity index is 1200. The van der Waals surface area contributed by atoms with Crippen LogP contribution in [0.3, 0.4) is 0 Å². The number of hydrogen-bond acceptors (Lipinski definition) is 4. The third-order valence-electron chi connectivity index (χ3n) is 4.81. The maximum absolute atomic E-state index is 12.3. The van der Waals surface area contributed by atoms with E-state index in [-0.39, 0.29) is 12.5 Å². The number of hydrogen-bond donors (Lipinski definition) is 2. The Labute approximate surface area is 179 Å². The molecular weight excluding hydrogens is 402 g/mol. The maximum Gasteiger partial charge on any atom is 0.271 e. The van der Waals surface area contributed by atoms with E-state index in [2.05, 4.69) is 10.4 Å². The fourth-order valence-corrected chi connectivity index (χ4v) is 3.57. The van der Waals surface area contributed by atoms with Gasteiger partial charge in [-0.15, -0.1) is 0 Å². The van der Waals surface area contributed by atoms with Gasteiger partial charge in [-0.3, -0.25) is 9.48 Å². The summed E-state index contributed by atoms with van der Waals surface area (Å²) in [7, 11) is 0. The van der Waals surface area contributed by atoms with Gasteiger partial charge in [0.1, 0.15) is 17.0 Å². The fraction of sp³-hybridized carbons (Fsp3) is 0.217. The Hall–Kier alpha value is -3.09. The zero-order valence-electron chi connectivity index (χ0n) is 16.7. The predicted octanol–water partition coefficient (Wildman–Crippen LogP) is 4.42. The first-order valence-corrected chi connectivity index (χ1v) is 10.1. The number of amides is 1. The predicted molar refractivity (Wildman–Crippen MR) is 117 cm³/mol. The molecule has 4 aromatic rings. The number of carbonyl (C=O) groups is 1. The molecule has 0 spiro atoms. The van der Waals surface area contributed by atoms with Gasteiger partial charge in [-0.05, 0) is 38.1 Å². The lowest BCUT2D eigenvalue weighted by Crippen LogP contribution is -2.30. The van der Waals surface area contributed by atoms with Gasteiger partial charge in [-0.1, -0.05) is 41.9 Å². The van der Waals surface area contributed by atoms with Crippen molar-refractivity contribution in [1.82, 2.24) is 15.1 Å². The lowest BCUT2D eigenvalue weighted by molar-refractivity contribution is 0.0918. The summed E-state index contributed by atoms with van der Waals surface area (Å²) >= 11 is 6.35. The Kier molecular flexibility index (Phi) is 5.61. The van der Waals surface area contributed by atoms with E-state index in [0.717, 1.165) is 33.6 Å². The summed E-state index contributed by atoms with van der Waals surface area (Å²) in [6.45, 7) is 4.09. The number of aryl methyl sites for hydroxylation is 1. The van der Waals surface area contributed by atoms with E-state index in [1.807, 2.05) is 55.5 Å². The van der Waals surface area contributed by atoms with Crippen molar-refractivity contribution in [3.8, 4) is 11.3 Å². The van der Waals surface area contributed by atoms with Crippen LogP contribution < -0.4 is 5.32 Å². The van der Waals surface area contributed by atoms with Crippen molar-refractivity contribution >= 4 is 28.5 Å². The quantitative estimate of drug-likeness (QED) is 0.481. The van der Waals surface area contributed by atoms with Crippen LogP contribution >= 0.6 is 11.6 Å². The molecule has 0 saturated heterocycles. The van der Waals surface area contributed by atoms with Crippen LogP contribution in [-0.4, -0.2) is 33.4 Å². The third-order valence-corrected chi connectivity index (χ3v) is 5.03. The van der Waals surface area contributed by atoms with Crippen LogP contribution in [0.25, 0.3) is 22.3 Å². The molecular formula is C23H22ClN3O3. The number of aliphatic hydroxyl groups excluding tert-OH is 1. The highest BCUT2D eigenvalue weighted by molar-refractivity contribution is 6.31. The summed E-state index contributed by atoms with van der Waals surface area (Å²) in [5, 5.41) is 18.0. The monoisotopic (exact) mass is 423 g/mol. The van der Waals surface area contributed by atoms with Crippen molar-refractivity contribution < 1.29 is 14.3 Å². The molecule has 2 aromatic heterocycles. The molecule has 0 radical (unpaired) electrons. The lowest BCUT2D eigenvalue weighted by Gasteiger charge is -2.07. The molecule has 0 aliphatic heterocycles. The summed E-state index contributed by atoms with van der Waals surface area (Å²) in [5.41, 5.74) is 3.74. The van der Waals surface area contributed by atoms with E-state index >= 15 is 0 Å². The highest BCUT2D eigenvalue weighted by atomic mass is 35.5. The van der Waals surface area contributed by atoms with E-state index in [0.29, 0.717) is 17.3 Å². The standard InChI is InChI=1S/C23H22ClN3O3/c1-14-8-20(23(29)25-12-15(2)28)26-27(14)13-18-10-19(24)9-17-11-21(30-22(17)18)16-6-4-3-5-7-16/h3-11,15,28H,12-13H2,1-2H3,(H,25,29)/t15-/m1/s1. The van der Waals surface area contributed by atoms with Crippen LogP contribution in [-0.2, 0) is 6.54 Å². The molecule has 0 aliphatic carbocycles. The third kappa shape index (κ3) is 4.25. The Morgan fingerprint density at radius 3 is 2.73 bits per heavy atom. The van der Waals surface area contributed by atoms with E-state index in [9.17, 15) is 9.90 Å². The Morgan fingerprint density at radius 2 is 2.00 bits per heavy atom. The average molecular weight is 424 g/mol. The van der Waals surface area contributed by atoms with Gasteiger partial charge < -0.3 is 14.8 Å². The highest BCUT2D eigenvalue weighted by Gasteiger charge is 2.16. The fourth-order valence-electron chi connectivity index (χ4n) is 3.32. The van der Waals surface area contributed by atoms with Gasteiger partial charge in [-0.25, -0.2) is 0 Å². The summed E-state index contributed by atoms with van der Waals surface area (Å²) in [5.74, 6) is 0.447. The molecule has 6 nitrogen and oxygen atoms in total. The van der Waals surface area contributed by atoms with Crippen LogP contribution in [0.15, 0.2) is 59.0 Å². The second kappa shape index (κ2) is 8.34. The minimum atomic E-state index is -0.616. The van der Waals surface area contributed by atoms with Crippen molar-refractivity contribution in [2.45, 2.75) is 26.5 Å². The van der Waals surface area contributed by atoms with Crippen molar-refractivity contribution in [1.29, 1.82) is 0 Å². The normalized spacial score (nSPS) is 12.3. The first-order chi connectivity index (χ1) is 14.4. The molecule has 4 rings (SSSR count). The van der Waals surface area contributed by atoms with Crippen molar-refractivity contribution in [2.24, 2.45) is 0 Å². The van der Waals surface area contributed by atoms with Crippen molar-refractivity contribution in [2.75, 3.05) is 6.54 Å². The molecule has 154 valence electrons. The first-order valence-electron chi connectivity index (χ1n) is 9.69. The van der Waals surface area contributed by atoms with Gasteiger partial charge in [0.15, 0.2) is 0 Å². The molecule has 2 aromatic carbocycles. The first kappa shape index (κ1) is 20.2. The van der Waals surface area contributed by atoms with Crippen LogP contribution in [0.5, 0.6) is 0 Å². The minimum Gasteiger partial charge on any atom is -0.456 e. The molecule has 2 heterocycles. The van der Waals surface area contributed by atoms with Gasteiger partial charge >= 0.3 is 0 Å². The lowest BCUT2D eigenvalue weighted by atomic mass is 10.1. The number of fused-ring (bicyclic) bond motifs is 1. The molecule has 0 fully saturated rings. The number of carbonyl (C=O) groups excluding carboxylic acids is 1. The van der Waals surface area contributed by atoms with Gasteiger partial charge in [0.2, 0.25) is 0 Å². The van der Waals surface area contributed by atoms with Crippen LogP contribution in [0.4, 0.5) is 0 Å². The number of furan rings is 1. The summed E-state index contributed by atoms with van der Waals surface area (Å²) in [6.07, 6.45) is -0.616. The number of nitrogens with zero attached hydrogens (tertiary/aromatic N) is 2. The molecule has 2 N–H and O–H groups in total. The van der Waals surface area contributed by atoms with Crippen molar-refractivity contribution in [3.63, 3.8) is 0 Å². The zero-order valence-corrected chi connectivity index (χ0v) is 17.5. The number of halogens is 1. The van der Waals surface area contributed by atoms with Gasteiger partial charge in [0.05, 0.1) is 12.6 Å². The molecule has 30 heavy (non-hydrogen) atoms. The van der Waals surface area contributed by atoms with Crippen LogP contribution in [0.1, 0.15) is 28.7 Å². The number of benzene rings is 2. The summed E-state index contributed by atoms with van der Waals surface area (Å²) in [6, 6.07) is 17.3. The molecule has 7 heteroatoms. The smallest absolute Gasteiger partial charge is 0.271 e. The van der Waals surface area contributed by atoms with E-state index in [1.165, 1.54) is 0 Å². The molecule has 0 unspecified atom stereocenters. The van der Waals surface area contributed by atoms with Crippen LogP contribution in [0.2, 0.25) is 5.02 Å². The number of rotatable bonds is 6. The topological polar surface area (TPSA) is 80.3 Å². The highest BCUT2D eigenvalue weighted by Crippen LogP contribution is 2.32. The molecule has 0 bridgehead atoms. The summed E-state index contributed by atoms with van der Waals surface area (Å²) < 4.78 is 7.91. The largest absolute Gasteiger partial charge is 0.456 e. The van der Waals surface area contributed by atoms with E-state index < -0.39 is 6.10 Å².